The Hall–Kier alpha value is -2.71. The lowest BCUT2D eigenvalue weighted by Crippen LogP contribution is -2.44. The zero-order chi connectivity index (χ0) is 24.7. The maximum Gasteiger partial charge on any atom is 0.255 e. The van der Waals surface area contributed by atoms with Crippen molar-refractivity contribution in [2.45, 2.75) is 44.9 Å². The van der Waals surface area contributed by atoms with E-state index in [0.717, 1.165) is 37.9 Å². The minimum absolute atomic E-state index is 0.0631. The second kappa shape index (κ2) is 11.8. The van der Waals surface area contributed by atoms with E-state index in [1.54, 1.807) is 24.3 Å². The first-order chi connectivity index (χ1) is 16.9. The highest BCUT2D eigenvalue weighted by atomic mass is 32.2. The van der Waals surface area contributed by atoms with E-state index in [1.807, 2.05) is 35.2 Å². The van der Waals surface area contributed by atoms with Gasteiger partial charge in [0.25, 0.3) is 5.91 Å². The lowest BCUT2D eigenvalue weighted by atomic mass is 9.98. The maximum atomic E-state index is 13.1. The van der Waals surface area contributed by atoms with Crippen LogP contribution < -0.4 is 5.32 Å². The summed E-state index contributed by atoms with van der Waals surface area (Å²) in [5.41, 5.74) is 2.11. The van der Waals surface area contributed by atoms with Crippen molar-refractivity contribution in [2.75, 3.05) is 37.2 Å². The molecule has 2 amide bonds. The van der Waals surface area contributed by atoms with Crippen LogP contribution in [-0.4, -0.2) is 61.4 Å². The molecule has 1 atom stereocenters. The number of nitrogens with one attached hydrogen (secondary N) is 1. The SMILES string of the molecule is O=C(Nc1ccccc1C(=O)N1CCCCC1)[C@H]1CCCN(S(=O)(=O)CCCc2ccccc2)C1. The van der Waals surface area contributed by atoms with Crippen LogP contribution in [0.4, 0.5) is 5.69 Å². The molecule has 0 unspecified atom stereocenters. The molecule has 2 aromatic rings. The van der Waals surface area contributed by atoms with E-state index < -0.39 is 15.9 Å². The summed E-state index contributed by atoms with van der Waals surface area (Å²) in [4.78, 5) is 28.0. The van der Waals surface area contributed by atoms with Crippen LogP contribution in [0.3, 0.4) is 0 Å². The minimum Gasteiger partial charge on any atom is -0.339 e. The monoisotopic (exact) mass is 497 g/mol. The molecule has 2 heterocycles. The van der Waals surface area contributed by atoms with E-state index in [4.69, 9.17) is 0 Å². The van der Waals surface area contributed by atoms with Gasteiger partial charge in [0.15, 0.2) is 0 Å². The molecule has 0 spiro atoms. The Kier molecular flexibility index (Phi) is 8.57. The zero-order valence-electron chi connectivity index (χ0n) is 20.2. The predicted octanol–water partition coefficient (Wildman–Crippen LogP) is 3.93. The van der Waals surface area contributed by atoms with E-state index in [9.17, 15) is 18.0 Å². The number of nitrogens with zero attached hydrogens (tertiary/aromatic N) is 2. The molecule has 0 radical (unpaired) electrons. The van der Waals surface area contributed by atoms with Gasteiger partial charge in [-0.15, -0.1) is 0 Å². The standard InChI is InChI=1S/C27H35N3O4S/c31-26(28-25-16-6-5-15-24(25)27(32)29-17-7-2-8-18-29)23-14-9-19-30(21-23)35(33,34)20-10-13-22-11-3-1-4-12-22/h1,3-6,11-12,15-16,23H,2,7-10,13-14,17-21H2,(H,28,31)/t23-/m0/s1. The summed E-state index contributed by atoms with van der Waals surface area (Å²) < 4.78 is 27.4. The number of hydrogen-bond acceptors (Lipinski definition) is 4. The first-order valence-corrected chi connectivity index (χ1v) is 14.3. The van der Waals surface area contributed by atoms with Gasteiger partial charge >= 0.3 is 0 Å². The van der Waals surface area contributed by atoms with Crippen LogP contribution in [0.1, 0.15) is 54.4 Å². The van der Waals surface area contributed by atoms with Crippen molar-refractivity contribution in [1.82, 2.24) is 9.21 Å². The number of amides is 2. The number of carbonyl (C=O) groups excluding carboxylic acids is 2. The Morgan fingerprint density at radius 2 is 1.60 bits per heavy atom. The molecule has 2 fully saturated rings. The third-order valence-corrected chi connectivity index (χ3v) is 8.84. The number of likely N-dealkylation sites (tertiary alicyclic amines) is 1. The minimum atomic E-state index is -3.44. The molecule has 2 aromatic carbocycles. The van der Waals surface area contributed by atoms with Crippen LogP contribution in [0.5, 0.6) is 0 Å². The quantitative estimate of drug-likeness (QED) is 0.599. The van der Waals surface area contributed by atoms with Crippen LogP contribution in [0.15, 0.2) is 54.6 Å². The number of benzene rings is 2. The van der Waals surface area contributed by atoms with Gasteiger partial charge in [-0.2, -0.15) is 0 Å². The van der Waals surface area contributed by atoms with Gasteiger partial charge in [0, 0.05) is 26.2 Å². The first-order valence-electron chi connectivity index (χ1n) is 12.6. The summed E-state index contributed by atoms with van der Waals surface area (Å²) in [7, 11) is -3.44. The third-order valence-electron chi connectivity index (χ3n) is 6.92. The van der Waals surface area contributed by atoms with E-state index in [0.29, 0.717) is 43.5 Å². The van der Waals surface area contributed by atoms with Gasteiger partial charge in [0.05, 0.1) is 22.9 Å². The topological polar surface area (TPSA) is 86.8 Å². The average molecular weight is 498 g/mol. The second-order valence-electron chi connectivity index (χ2n) is 9.49. The van der Waals surface area contributed by atoms with Gasteiger partial charge in [-0.25, -0.2) is 12.7 Å². The van der Waals surface area contributed by atoms with Crippen molar-refractivity contribution in [1.29, 1.82) is 0 Å². The maximum absolute atomic E-state index is 13.1. The number of aryl methyl sites for hydroxylation is 1. The number of para-hydroxylation sites is 1. The van der Waals surface area contributed by atoms with Crippen LogP contribution in [-0.2, 0) is 21.2 Å². The number of hydrogen-bond donors (Lipinski definition) is 1. The molecule has 2 aliphatic heterocycles. The largest absolute Gasteiger partial charge is 0.339 e. The Morgan fingerprint density at radius 1 is 0.886 bits per heavy atom. The molecule has 0 aliphatic carbocycles. The Labute approximate surface area is 208 Å². The lowest BCUT2D eigenvalue weighted by molar-refractivity contribution is -0.120. The molecular weight excluding hydrogens is 462 g/mol. The van der Waals surface area contributed by atoms with E-state index >= 15 is 0 Å². The average Bonchev–Trinajstić information content (AvgIpc) is 2.90. The van der Waals surface area contributed by atoms with Crippen LogP contribution in [0.25, 0.3) is 0 Å². The van der Waals surface area contributed by atoms with Crippen LogP contribution >= 0.6 is 0 Å². The van der Waals surface area contributed by atoms with Crippen molar-refractivity contribution in [2.24, 2.45) is 5.92 Å². The van der Waals surface area contributed by atoms with E-state index in [1.165, 1.54) is 4.31 Å². The first kappa shape index (κ1) is 25.4. The summed E-state index contributed by atoms with van der Waals surface area (Å²) in [6.07, 6.45) is 5.66. The lowest BCUT2D eigenvalue weighted by Gasteiger charge is -2.31. The fourth-order valence-electron chi connectivity index (χ4n) is 4.92. The fraction of sp³-hybridized carbons (Fsp3) is 0.481. The normalized spacial score (nSPS) is 19.3. The third kappa shape index (κ3) is 6.70. The van der Waals surface area contributed by atoms with Crippen LogP contribution in [0.2, 0.25) is 0 Å². The van der Waals surface area contributed by atoms with Crippen molar-refractivity contribution in [3.63, 3.8) is 0 Å². The molecule has 4 rings (SSSR count). The molecule has 0 aromatic heterocycles. The molecule has 7 nitrogen and oxygen atoms in total. The highest BCUT2D eigenvalue weighted by Crippen LogP contribution is 2.24. The van der Waals surface area contributed by atoms with Crippen molar-refractivity contribution < 1.29 is 18.0 Å². The highest BCUT2D eigenvalue weighted by molar-refractivity contribution is 7.89. The highest BCUT2D eigenvalue weighted by Gasteiger charge is 2.32. The number of rotatable bonds is 8. The number of piperidine rings is 2. The van der Waals surface area contributed by atoms with Gasteiger partial charge in [0.1, 0.15) is 0 Å². The van der Waals surface area contributed by atoms with Crippen molar-refractivity contribution in [3.8, 4) is 0 Å². The molecule has 0 bridgehead atoms. The molecule has 1 N–H and O–H groups in total. The molecule has 2 aliphatic rings. The smallest absolute Gasteiger partial charge is 0.255 e. The number of anilines is 1. The molecular formula is C27H35N3O4S. The van der Waals surface area contributed by atoms with E-state index in [2.05, 4.69) is 5.32 Å². The van der Waals surface area contributed by atoms with Crippen LogP contribution in [0, 0.1) is 5.92 Å². The predicted molar refractivity (Wildman–Crippen MR) is 138 cm³/mol. The summed E-state index contributed by atoms with van der Waals surface area (Å²) in [6.45, 7) is 2.10. The molecule has 0 saturated carbocycles. The second-order valence-corrected chi connectivity index (χ2v) is 11.6. The molecule has 35 heavy (non-hydrogen) atoms. The summed E-state index contributed by atoms with van der Waals surface area (Å²) >= 11 is 0. The number of sulfonamides is 1. The summed E-state index contributed by atoms with van der Waals surface area (Å²) in [5, 5.41) is 2.93. The fourth-order valence-corrected chi connectivity index (χ4v) is 6.50. The van der Waals surface area contributed by atoms with Gasteiger partial charge in [0.2, 0.25) is 15.9 Å². The Balaban J connectivity index is 1.36. The summed E-state index contributed by atoms with van der Waals surface area (Å²) in [5.74, 6) is -0.658. The van der Waals surface area contributed by atoms with Gasteiger partial charge in [-0.05, 0) is 62.6 Å². The van der Waals surface area contributed by atoms with Gasteiger partial charge < -0.3 is 10.2 Å². The Bertz CT molecular complexity index is 1110. The molecule has 188 valence electrons. The number of carbonyl (C=O) groups is 2. The van der Waals surface area contributed by atoms with Crippen molar-refractivity contribution in [3.05, 3.63) is 65.7 Å². The summed E-state index contributed by atoms with van der Waals surface area (Å²) in [6, 6.07) is 17.0. The van der Waals surface area contributed by atoms with Gasteiger partial charge in [-0.1, -0.05) is 42.5 Å². The molecule has 2 saturated heterocycles. The van der Waals surface area contributed by atoms with Crippen molar-refractivity contribution >= 4 is 27.5 Å². The Morgan fingerprint density at radius 3 is 2.37 bits per heavy atom. The van der Waals surface area contributed by atoms with Gasteiger partial charge in [-0.3, -0.25) is 9.59 Å². The molecule has 8 heteroatoms. The van der Waals surface area contributed by atoms with E-state index in [-0.39, 0.29) is 24.1 Å². The zero-order valence-corrected chi connectivity index (χ0v) is 21.0.